The maximum atomic E-state index is 13.4. The zero-order chi connectivity index (χ0) is 20.0. The molecule has 0 unspecified atom stereocenters. The van der Waals surface area contributed by atoms with Crippen LogP contribution in [0.25, 0.3) is 0 Å². The summed E-state index contributed by atoms with van der Waals surface area (Å²) < 4.78 is 19.1. The number of benzene rings is 2. The third-order valence-corrected chi connectivity index (χ3v) is 4.05. The Balaban J connectivity index is 1.78. The van der Waals surface area contributed by atoms with Crippen molar-refractivity contribution < 1.29 is 18.7 Å². The number of hydrogen-bond acceptors (Lipinski definition) is 3. The summed E-state index contributed by atoms with van der Waals surface area (Å²) >= 11 is 0. The molecular weight excluding hydrogens is 347 g/mol. The zero-order valence-corrected chi connectivity index (χ0v) is 15.8. The number of primary amides is 1. The van der Waals surface area contributed by atoms with E-state index in [1.54, 1.807) is 0 Å². The topological polar surface area (TPSA) is 81.4 Å². The van der Waals surface area contributed by atoms with E-state index in [0.717, 1.165) is 11.8 Å². The smallest absolute Gasteiger partial charge is 0.251 e. The predicted octanol–water partition coefficient (Wildman–Crippen LogP) is 4.02. The highest BCUT2D eigenvalue weighted by Crippen LogP contribution is 2.24. The summed E-state index contributed by atoms with van der Waals surface area (Å²) in [5.74, 6) is -1.09. The Morgan fingerprint density at radius 3 is 2.37 bits per heavy atom. The van der Waals surface area contributed by atoms with Crippen LogP contribution in [0.4, 0.5) is 10.1 Å². The van der Waals surface area contributed by atoms with Crippen LogP contribution in [0.15, 0.2) is 42.5 Å². The van der Waals surface area contributed by atoms with Crippen LogP contribution >= 0.6 is 0 Å². The molecule has 2 aromatic rings. The van der Waals surface area contributed by atoms with Gasteiger partial charge in [-0.3, -0.25) is 9.59 Å². The van der Waals surface area contributed by atoms with Crippen LogP contribution in [0, 0.1) is 5.82 Å². The summed E-state index contributed by atoms with van der Waals surface area (Å²) in [6.07, 6.45) is 0.764. The molecule has 6 heteroatoms. The first kappa shape index (κ1) is 20.4. The highest BCUT2D eigenvalue weighted by atomic mass is 19.1. The Hall–Kier alpha value is -2.89. The maximum absolute atomic E-state index is 13.4. The van der Waals surface area contributed by atoms with Gasteiger partial charge in [-0.2, -0.15) is 0 Å². The molecule has 0 saturated heterocycles. The molecule has 0 radical (unpaired) electrons. The fourth-order valence-electron chi connectivity index (χ4n) is 2.49. The van der Waals surface area contributed by atoms with Gasteiger partial charge in [0.2, 0.25) is 5.91 Å². The van der Waals surface area contributed by atoms with Gasteiger partial charge in [-0.1, -0.05) is 32.9 Å². The Bertz CT molecular complexity index is 811. The van der Waals surface area contributed by atoms with E-state index in [0.29, 0.717) is 18.7 Å². The van der Waals surface area contributed by atoms with Crippen molar-refractivity contribution in [3.05, 3.63) is 59.4 Å². The van der Waals surface area contributed by atoms with Gasteiger partial charge < -0.3 is 15.8 Å². The Labute approximate surface area is 158 Å². The quantitative estimate of drug-likeness (QED) is 0.720. The average Bonchev–Trinajstić information content (AvgIpc) is 2.60. The molecule has 5 nitrogen and oxygen atoms in total. The van der Waals surface area contributed by atoms with Crippen molar-refractivity contribution in [3.8, 4) is 5.75 Å². The average molecular weight is 372 g/mol. The number of carbonyl (C=O) groups is 2. The molecule has 27 heavy (non-hydrogen) atoms. The van der Waals surface area contributed by atoms with Crippen LogP contribution in [0.3, 0.4) is 0 Å². The number of anilines is 1. The molecule has 0 spiro atoms. The van der Waals surface area contributed by atoms with Crippen LogP contribution in [0.1, 0.15) is 49.5 Å². The number of halogens is 1. The van der Waals surface area contributed by atoms with E-state index in [4.69, 9.17) is 10.5 Å². The second kappa shape index (κ2) is 8.66. The predicted molar refractivity (Wildman–Crippen MR) is 103 cm³/mol. The Morgan fingerprint density at radius 1 is 1.11 bits per heavy atom. The standard InChI is InChI=1S/C21H25FN2O3/c1-21(2,3)14-6-9-16(10-7-14)27-12-4-5-19(25)24-15-8-11-18(22)17(13-15)20(23)26/h6-11,13H,4-5,12H2,1-3H3,(H2,23,26)(H,24,25). The summed E-state index contributed by atoms with van der Waals surface area (Å²) in [7, 11) is 0. The summed E-state index contributed by atoms with van der Waals surface area (Å²) in [6, 6.07) is 11.6. The Morgan fingerprint density at radius 2 is 1.78 bits per heavy atom. The third-order valence-electron chi connectivity index (χ3n) is 4.05. The van der Waals surface area contributed by atoms with E-state index in [9.17, 15) is 14.0 Å². The van der Waals surface area contributed by atoms with Gasteiger partial charge in [-0.25, -0.2) is 4.39 Å². The number of rotatable bonds is 7. The van der Waals surface area contributed by atoms with E-state index in [1.807, 2.05) is 24.3 Å². The van der Waals surface area contributed by atoms with Gasteiger partial charge in [0, 0.05) is 12.1 Å². The lowest BCUT2D eigenvalue weighted by Crippen LogP contribution is -2.16. The molecule has 0 saturated carbocycles. The monoisotopic (exact) mass is 372 g/mol. The number of amides is 2. The highest BCUT2D eigenvalue weighted by Gasteiger charge is 2.13. The second-order valence-electron chi connectivity index (χ2n) is 7.33. The minimum atomic E-state index is -0.880. The molecule has 0 fully saturated rings. The molecule has 0 aromatic heterocycles. The molecule has 3 N–H and O–H groups in total. The van der Waals surface area contributed by atoms with Gasteiger partial charge in [0.25, 0.3) is 5.91 Å². The van der Waals surface area contributed by atoms with Crippen LogP contribution in [0.2, 0.25) is 0 Å². The normalized spacial score (nSPS) is 11.1. The van der Waals surface area contributed by atoms with Gasteiger partial charge in [-0.05, 0) is 47.7 Å². The fraction of sp³-hybridized carbons (Fsp3) is 0.333. The first-order valence-electron chi connectivity index (χ1n) is 8.79. The van der Waals surface area contributed by atoms with Crippen molar-refractivity contribution >= 4 is 17.5 Å². The van der Waals surface area contributed by atoms with Gasteiger partial charge in [0.15, 0.2) is 0 Å². The lowest BCUT2D eigenvalue weighted by Gasteiger charge is -2.19. The number of nitrogens with two attached hydrogens (primary N) is 1. The van der Waals surface area contributed by atoms with Crippen molar-refractivity contribution in [1.82, 2.24) is 0 Å². The number of carbonyl (C=O) groups excluding carboxylic acids is 2. The van der Waals surface area contributed by atoms with E-state index >= 15 is 0 Å². The molecular formula is C21H25FN2O3. The highest BCUT2D eigenvalue weighted by molar-refractivity contribution is 5.96. The van der Waals surface area contributed by atoms with Gasteiger partial charge in [-0.15, -0.1) is 0 Å². The summed E-state index contributed by atoms with van der Waals surface area (Å²) in [5.41, 5.74) is 6.48. The van der Waals surface area contributed by atoms with E-state index in [-0.39, 0.29) is 23.3 Å². The zero-order valence-electron chi connectivity index (χ0n) is 15.8. The number of ether oxygens (including phenoxy) is 1. The van der Waals surface area contributed by atoms with Crippen molar-refractivity contribution in [3.63, 3.8) is 0 Å². The molecule has 0 atom stereocenters. The molecule has 0 aliphatic carbocycles. The SMILES string of the molecule is CC(C)(C)c1ccc(OCCCC(=O)Nc2ccc(F)c(C(N)=O)c2)cc1. The fourth-order valence-corrected chi connectivity index (χ4v) is 2.49. The number of hydrogen-bond donors (Lipinski definition) is 2. The lowest BCUT2D eigenvalue weighted by molar-refractivity contribution is -0.116. The third kappa shape index (κ3) is 6.09. The largest absolute Gasteiger partial charge is 0.494 e. The minimum Gasteiger partial charge on any atom is -0.494 e. The molecule has 2 aromatic carbocycles. The van der Waals surface area contributed by atoms with Gasteiger partial charge >= 0.3 is 0 Å². The van der Waals surface area contributed by atoms with Crippen molar-refractivity contribution in [2.45, 2.75) is 39.0 Å². The van der Waals surface area contributed by atoms with E-state index in [2.05, 4.69) is 26.1 Å². The van der Waals surface area contributed by atoms with Crippen LogP contribution < -0.4 is 15.8 Å². The first-order valence-corrected chi connectivity index (χ1v) is 8.79. The van der Waals surface area contributed by atoms with E-state index in [1.165, 1.54) is 17.7 Å². The molecule has 2 rings (SSSR count). The molecule has 144 valence electrons. The lowest BCUT2D eigenvalue weighted by atomic mass is 9.87. The van der Waals surface area contributed by atoms with E-state index < -0.39 is 11.7 Å². The molecule has 2 amide bonds. The van der Waals surface area contributed by atoms with Crippen LogP contribution in [0.5, 0.6) is 5.75 Å². The van der Waals surface area contributed by atoms with Crippen molar-refractivity contribution in [1.29, 1.82) is 0 Å². The van der Waals surface area contributed by atoms with Crippen LogP contribution in [-0.2, 0) is 10.2 Å². The van der Waals surface area contributed by atoms with Crippen molar-refractivity contribution in [2.24, 2.45) is 5.73 Å². The Kier molecular flexibility index (Phi) is 6.55. The number of nitrogens with one attached hydrogen (secondary N) is 1. The molecule has 0 heterocycles. The summed E-state index contributed by atoms with van der Waals surface area (Å²) in [4.78, 5) is 23.1. The van der Waals surface area contributed by atoms with Gasteiger partial charge in [0.1, 0.15) is 11.6 Å². The van der Waals surface area contributed by atoms with Crippen molar-refractivity contribution in [2.75, 3.05) is 11.9 Å². The van der Waals surface area contributed by atoms with Crippen LogP contribution in [-0.4, -0.2) is 18.4 Å². The molecule has 0 aliphatic rings. The second-order valence-corrected chi connectivity index (χ2v) is 7.33. The first-order chi connectivity index (χ1) is 12.7. The minimum absolute atomic E-state index is 0.0886. The maximum Gasteiger partial charge on any atom is 0.251 e. The molecule has 0 bridgehead atoms. The summed E-state index contributed by atoms with van der Waals surface area (Å²) in [6.45, 7) is 6.84. The molecule has 0 aliphatic heterocycles. The summed E-state index contributed by atoms with van der Waals surface area (Å²) in [5, 5.41) is 2.62. The van der Waals surface area contributed by atoms with Gasteiger partial charge in [0.05, 0.1) is 12.2 Å².